The third-order valence-corrected chi connectivity index (χ3v) is 8.62. The molecule has 0 unspecified atom stereocenters. The van der Waals surface area contributed by atoms with Gasteiger partial charge in [0.1, 0.15) is 22.5 Å². The Morgan fingerprint density at radius 1 is 0.452 bits per heavy atom. The number of hydrogen-bond acceptors (Lipinski definition) is 5. The van der Waals surface area contributed by atoms with Crippen molar-refractivity contribution in [2.75, 3.05) is 0 Å². The number of hydrogen-bond donors (Lipinski definition) is 0. The number of para-hydroxylation sites is 2. The van der Waals surface area contributed by atoms with Gasteiger partial charge in [-0.25, -0.2) is 9.97 Å². The average Bonchev–Trinajstić information content (AvgIpc) is 3.02. The summed E-state index contributed by atoms with van der Waals surface area (Å²) in [5, 5.41) is 4.07. The lowest BCUT2D eigenvalue weighted by Gasteiger charge is -2.19. The minimum absolute atomic E-state index is 0.627. The van der Waals surface area contributed by atoms with Gasteiger partial charge in [0.15, 0.2) is 0 Å². The van der Waals surface area contributed by atoms with Crippen LogP contribution in [0.5, 0.6) is 17.2 Å². The molecular weight excluding hydrogens is 535 g/mol. The molecule has 2 heterocycles. The first-order chi connectivity index (χ1) is 20.6. The molecule has 0 saturated carbocycles. The molecule has 42 heavy (non-hydrogen) atoms. The molecule has 0 saturated heterocycles. The zero-order chi connectivity index (χ0) is 28.5. The first kappa shape index (κ1) is 26.0. The quantitative estimate of drug-likeness (QED) is 0.182. The predicted octanol–water partition coefficient (Wildman–Crippen LogP) is 8.74. The van der Waals surface area contributed by atoms with E-state index in [1.807, 2.05) is 80.6 Å². The van der Waals surface area contributed by atoms with Gasteiger partial charge in [-0.1, -0.05) is 97.1 Å². The molecule has 6 heteroatoms. The SMILES string of the molecule is Cc1ccc2cccc([O][Al]([O]c3cccc4c(-c5ccccc5)cccc34)[O]c3cccc4ccc(C)nc34)c2n1. The van der Waals surface area contributed by atoms with Crippen LogP contribution >= 0.6 is 0 Å². The Hall–Kier alpha value is -4.89. The summed E-state index contributed by atoms with van der Waals surface area (Å²) in [4.78, 5) is 9.55. The Kier molecular flexibility index (Phi) is 6.93. The Labute approximate surface area is 249 Å². The van der Waals surface area contributed by atoms with Crippen LogP contribution in [0.4, 0.5) is 0 Å². The van der Waals surface area contributed by atoms with Gasteiger partial charge in [-0.05, 0) is 60.7 Å². The molecule has 0 N–H and O–H groups in total. The largest absolute Gasteiger partial charge is 1.20 e. The van der Waals surface area contributed by atoms with Crippen molar-refractivity contribution in [1.82, 2.24) is 9.97 Å². The average molecular weight is 563 g/mol. The molecule has 2 aromatic heterocycles. The van der Waals surface area contributed by atoms with Crippen molar-refractivity contribution in [3.8, 4) is 28.4 Å². The fourth-order valence-electron chi connectivity index (χ4n) is 5.26. The van der Waals surface area contributed by atoms with Gasteiger partial charge in [-0.2, -0.15) is 0 Å². The van der Waals surface area contributed by atoms with E-state index >= 15 is 0 Å². The Morgan fingerprint density at radius 3 is 1.62 bits per heavy atom. The molecule has 0 aliphatic rings. The van der Waals surface area contributed by atoms with Crippen LogP contribution in [-0.2, 0) is 0 Å². The van der Waals surface area contributed by atoms with Crippen LogP contribution in [0, 0.1) is 13.8 Å². The predicted molar refractivity (Wildman–Crippen MR) is 170 cm³/mol. The van der Waals surface area contributed by atoms with Crippen LogP contribution < -0.4 is 11.4 Å². The van der Waals surface area contributed by atoms with Crippen LogP contribution in [-0.4, -0.2) is 25.1 Å². The summed E-state index contributed by atoms with van der Waals surface area (Å²) in [6, 6.07) is 42.7. The first-order valence-corrected chi connectivity index (χ1v) is 15.3. The van der Waals surface area contributed by atoms with Gasteiger partial charge in [0.25, 0.3) is 0 Å². The van der Waals surface area contributed by atoms with Crippen molar-refractivity contribution in [2.45, 2.75) is 13.8 Å². The van der Waals surface area contributed by atoms with Crippen LogP contribution in [0.15, 0.2) is 127 Å². The standard InChI is InChI=1S/C16H12O.2C10H9NO.Al/c17-16-11-5-9-14-13(8-4-10-15(14)16)12-6-2-1-3-7-12;2*1-7-5-6-8-3-2-4-9(12)10(8)11-7;/h1-11,17H;2*2-6,12H,1H3;/q;;;+3/p-3. The topological polar surface area (TPSA) is 53.5 Å². The van der Waals surface area contributed by atoms with E-state index in [4.69, 9.17) is 21.3 Å². The number of aromatic nitrogens is 2. The lowest BCUT2D eigenvalue weighted by molar-refractivity contribution is 0.311. The molecule has 7 aromatic rings. The minimum Gasteiger partial charge on any atom is -0.577 e. The van der Waals surface area contributed by atoms with Gasteiger partial charge >= 0.3 is 15.1 Å². The van der Waals surface area contributed by atoms with Gasteiger partial charge in [0.05, 0.1) is 5.75 Å². The van der Waals surface area contributed by atoms with Crippen molar-refractivity contribution < 1.29 is 11.4 Å². The number of nitrogens with zero attached hydrogens (tertiary/aromatic N) is 2. The van der Waals surface area contributed by atoms with Crippen molar-refractivity contribution in [3.63, 3.8) is 0 Å². The van der Waals surface area contributed by atoms with E-state index in [9.17, 15) is 0 Å². The third kappa shape index (κ3) is 5.15. The maximum atomic E-state index is 6.72. The number of aryl methyl sites for hydroxylation is 2. The van der Waals surface area contributed by atoms with Crippen molar-refractivity contribution in [3.05, 3.63) is 139 Å². The molecule has 0 aliphatic heterocycles. The van der Waals surface area contributed by atoms with Crippen LogP contribution in [0.2, 0.25) is 0 Å². The molecule has 5 aromatic carbocycles. The summed E-state index contributed by atoms with van der Waals surface area (Å²) < 4.78 is 20.0. The maximum Gasteiger partial charge on any atom is 1.20 e. The van der Waals surface area contributed by atoms with Crippen molar-refractivity contribution in [2.24, 2.45) is 0 Å². The number of fused-ring (bicyclic) bond motifs is 3. The Bertz CT molecular complexity index is 1980. The summed E-state index contributed by atoms with van der Waals surface area (Å²) in [6.45, 7) is 3.95. The summed E-state index contributed by atoms with van der Waals surface area (Å²) in [6.07, 6.45) is 0. The zero-order valence-electron chi connectivity index (χ0n) is 23.3. The fourth-order valence-corrected chi connectivity index (χ4v) is 6.61. The molecule has 0 atom stereocenters. The molecule has 0 bridgehead atoms. The van der Waals surface area contributed by atoms with Gasteiger partial charge in [-0.3, -0.25) is 0 Å². The Morgan fingerprint density at radius 2 is 0.976 bits per heavy atom. The highest BCUT2D eigenvalue weighted by Crippen LogP contribution is 2.35. The van der Waals surface area contributed by atoms with E-state index < -0.39 is 15.1 Å². The molecule has 0 radical (unpaired) electrons. The van der Waals surface area contributed by atoms with Gasteiger partial charge in [0.2, 0.25) is 0 Å². The summed E-state index contributed by atoms with van der Waals surface area (Å²) in [5.74, 6) is 1.96. The van der Waals surface area contributed by atoms with E-state index in [-0.39, 0.29) is 0 Å². The van der Waals surface area contributed by atoms with Gasteiger partial charge in [-0.15, -0.1) is 0 Å². The van der Waals surface area contributed by atoms with E-state index in [1.165, 1.54) is 0 Å². The zero-order valence-corrected chi connectivity index (χ0v) is 24.5. The highest BCUT2D eigenvalue weighted by molar-refractivity contribution is 6.40. The fraction of sp³-hybridized carbons (Fsp3) is 0.0556. The number of benzene rings is 5. The van der Waals surface area contributed by atoms with E-state index in [1.54, 1.807) is 0 Å². The molecule has 0 amide bonds. The number of pyridine rings is 2. The van der Waals surface area contributed by atoms with E-state index in [0.717, 1.165) is 55.1 Å². The van der Waals surface area contributed by atoms with E-state index in [0.29, 0.717) is 17.2 Å². The van der Waals surface area contributed by atoms with Crippen LogP contribution in [0.25, 0.3) is 43.7 Å². The maximum absolute atomic E-state index is 6.72. The normalized spacial score (nSPS) is 11.1. The van der Waals surface area contributed by atoms with Gasteiger partial charge in [0, 0.05) is 27.5 Å². The van der Waals surface area contributed by atoms with Crippen LogP contribution in [0.3, 0.4) is 0 Å². The smallest absolute Gasteiger partial charge is 0.577 e. The second kappa shape index (κ2) is 11.2. The minimum atomic E-state index is -2.94. The lowest BCUT2D eigenvalue weighted by Crippen LogP contribution is -2.37. The highest BCUT2D eigenvalue weighted by atomic mass is 27.3. The van der Waals surface area contributed by atoms with Crippen molar-refractivity contribution >= 4 is 47.7 Å². The molecular formula is C36H27AlN2O3. The summed E-state index contributed by atoms with van der Waals surface area (Å²) >= 11 is -2.94. The highest BCUT2D eigenvalue weighted by Gasteiger charge is 2.45. The second-order valence-electron chi connectivity index (χ2n) is 10.2. The molecule has 202 valence electrons. The molecule has 0 aliphatic carbocycles. The van der Waals surface area contributed by atoms with Gasteiger partial charge < -0.3 is 11.4 Å². The first-order valence-electron chi connectivity index (χ1n) is 13.9. The summed E-state index contributed by atoms with van der Waals surface area (Å²) in [7, 11) is 0. The van der Waals surface area contributed by atoms with Crippen LogP contribution in [0.1, 0.15) is 11.4 Å². The lowest BCUT2D eigenvalue weighted by atomic mass is 9.98. The molecule has 0 fully saturated rings. The van der Waals surface area contributed by atoms with Crippen molar-refractivity contribution in [1.29, 1.82) is 0 Å². The monoisotopic (exact) mass is 562 g/mol. The summed E-state index contributed by atoms with van der Waals surface area (Å²) in [5.41, 5.74) is 5.67. The molecule has 7 rings (SSSR count). The third-order valence-electron chi connectivity index (χ3n) is 7.28. The number of rotatable bonds is 7. The molecule has 0 spiro atoms. The Balaban J connectivity index is 1.33. The second-order valence-corrected chi connectivity index (χ2v) is 11.5. The van der Waals surface area contributed by atoms with E-state index in [2.05, 4.69) is 60.7 Å². The molecule has 5 nitrogen and oxygen atoms in total.